The molecule has 0 saturated heterocycles. The molecule has 40 heavy (non-hydrogen) atoms. The maximum Gasteiger partial charge on any atom is 0.0546 e. The highest BCUT2D eigenvalue weighted by molar-refractivity contribution is 6.14. The number of para-hydroxylation sites is 1. The molecule has 1 nitrogen and oxygen atoms in total. The van der Waals surface area contributed by atoms with Gasteiger partial charge in [0.15, 0.2) is 0 Å². The number of nitrogens with zero attached hydrogens (tertiary/aromatic N) is 1. The Bertz CT molecular complexity index is 1920. The van der Waals surface area contributed by atoms with E-state index in [-0.39, 0.29) is 0 Å². The van der Waals surface area contributed by atoms with Crippen molar-refractivity contribution in [3.8, 4) is 22.3 Å². The summed E-state index contributed by atoms with van der Waals surface area (Å²) in [4.78, 5) is 2.37. The van der Waals surface area contributed by atoms with Crippen LogP contribution in [0.15, 0.2) is 158 Å². The molecule has 0 N–H and O–H groups in total. The van der Waals surface area contributed by atoms with Crippen LogP contribution in [-0.4, -0.2) is 0 Å². The quantitative estimate of drug-likeness (QED) is 0.208. The first-order valence-electron chi connectivity index (χ1n) is 13.8. The van der Waals surface area contributed by atoms with Crippen LogP contribution < -0.4 is 4.90 Å². The average Bonchev–Trinajstić information content (AvgIpc) is 3.03. The van der Waals surface area contributed by atoms with E-state index in [1.54, 1.807) is 0 Å². The Morgan fingerprint density at radius 1 is 0.375 bits per heavy atom. The lowest BCUT2D eigenvalue weighted by atomic mass is 9.98. The van der Waals surface area contributed by atoms with Crippen LogP contribution in [0.3, 0.4) is 0 Å². The Kier molecular flexibility index (Phi) is 6.11. The number of benzene rings is 7. The Hall–Kier alpha value is -5.14. The molecule has 7 aromatic rings. The Labute approximate surface area is 235 Å². The topological polar surface area (TPSA) is 3.24 Å². The normalized spacial score (nSPS) is 11.1. The van der Waals surface area contributed by atoms with Crippen molar-refractivity contribution in [1.82, 2.24) is 0 Å². The summed E-state index contributed by atoms with van der Waals surface area (Å²) >= 11 is 0. The van der Waals surface area contributed by atoms with Crippen molar-refractivity contribution in [1.29, 1.82) is 0 Å². The largest absolute Gasteiger partial charge is 0.310 e. The second-order valence-corrected chi connectivity index (χ2v) is 10.3. The molecule has 0 bridgehead atoms. The molecule has 0 aliphatic carbocycles. The molecule has 0 aliphatic rings. The molecule has 0 aromatic heterocycles. The third kappa shape index (κ3) is 4.42. The van der Waals surface area contributed by atoms with E-state index in [1.165, 1.54) is 55.0 Å². The highest BCUT2D eigenvalue weighted by Gasteiger charge is 2.17. The second-order valence-electron chi connectivity index (χ2n) is 10.3. The number of hydrogen-bond acceptors (Lipinski definition) is 1. The van der Waals surface area contributed by atoms with E-state index in [0.29, 0.717) is 0 Å². The summed E-state index contributed by atoms with van der Waals surface area (Å²) in [5, 5.41) is 5.02. The third-order valence-corrected chi connectivity index (χ3v) is 7.73. The van der Waals surface area contributed by atoms with Gasteiger partial charge in [0.05, 0.1) is 5.69 Å². The first-order chi connectivity index (χ1) is 19.7. The van der Waals surface area contributed by atoms with Crippen LogP contribution in [0.5, 0.6) is 0 Å². The SMILES string of the molecule is Cc1ccc(-c2ccc(-c3ccc(N(c4ccccc4)c4cc5ccccc5c5ccccc45)cc3)cc2)cc1. The van der Waals surface area contributed by atoms with Gasteiger partial charge in [-0.15, -0.1) is 0 Å². The van der Waals surface area contributed by atoms with Crippen molar-refractivity contribution < 1.29 is 0 Å². The minimum absolute atomic E-state index is 1.13. The van der Waals surface area contributed by atoms with Crippen LogP contribution in [0, 0.1) is 6.92 Å². The van der Waals surface area contributed by atoms with Crippen molar-refractivity contribution >= 4 is 38.6 Å². The van der Waals surface area contributed by atoms with Gasteiger partial charge in [0.1, 0.15) is 0 Å². The number of aryl methyl sites for hydroxylation is 1. The van der Waals surface area contributed by atoms with Crippen LogP contribution in [0.25, 0.3) is 43.8 Å². The predicted octanol–water partition coefficient (Wildman–Crippen LogP) is 11.1. The minimum atomic E-state index is 1.13. The maximum atomic E-state index is 2.37. The fraction of sp³-hybridized carbons (Fsp3) is 0.0256. The standard InChI is InChI=1S/C39H29N/c1-28-15-17-29(18-16-28)30-19-21-31(22-20-30)32-23-25-35(26-24-32)40(34-10-3-2-4-11-34)39-27-33-9-5-6-12-36(33)37-13-7-8-14-38(37)39/h2-27H,1H3. The van der Waals surface area contributed by atoms with Crippen molar-refractivity contribution in [3.63, 3.8) is 0 Å². The monoisotopic (exact) mass is 511 g/mol. The zero-order valence-electron chi connectivity index (χ0n) is 22.5. The van der Waals surface area contributed by atoms with Crippen molar-refractivity contribution in [2.45, 2.75) is 6.92 Å². The molecule has 0 spiro atoms. The summed E-state index contributed by atoms with van der Waals surface area (Å²) in [5.74, 6) is 0. The van der Waals surface area contributed by atoms with Crippen LogP contribution in [-0.2, 0) is 0 Å². The number of anilines is 3. The van der Waals surface area contributed by atoms with Gasteiger partial charge in [0, 0.05) is 16.8 Å². The molecule has 190 valence electrons. The third-order valence-electron chi connectivity index (χ3n) is 7.73. The summed E-state index contributed by atoms with van der Waals surface area (Å²) in [6.45, 7) is 2.12. The van der Waals surface area contributed by atoms with Gasteiger partial charge < -0.3 is 4.90 Å². The second kappa shape index (κ2) is 10.2. The fourth-order valence-corrected chi connectivity index (χ4v) is 5.63. The minimum Gasteiger partial charge on any atom is -0.310 e. The molecule has 0 amide bonds. The number of fused-ring (bicyclic) bond motifs is 3. The molecule has 0 aliphatic heterocycles. The molecule has 0 unspecified atom stereocenters. The molecule has 7 rings (SSSR count). The molecule has 0 heterocycles. The first kappa shape index (κ1) is 23.9. The average molecular weight is 512 g/mol. The molecule has 7 aromatic carbocycles. The molecular weight excluding hydrogens is 482 g/mol. The highest BCUT2D eigenvalue weighted by Crippen LogP contribution is 2.42. The van der Waals surface area contributed by atoms with E-state index in [2.05, 4.69) is 170 Å². The van der Waals surface area contributed by atoms with E-state index in [1.807, 2.05) is 0 Å². The number of rotatable bonds is 5. The summed E-state index contributed by atoms with van der Waals surface area (Å²) in [5.41, 5.74) is 9.62. The van der Waals surface area contributed by atoms with E-state index >= 15 is 0 Å². The molecule has 0 atom stereocenters. The molecular formula is C39H29N. The van der Waals surface area contributed by atoms with E-state index in [9.17, 15) is 0 Å². The van der Waals surface area contributed by atoms with Crippen molar-refractivity contribution in [2.24, 2.45) is 0 Å². The van der Waals surface area contributed by atoms with E-state index < -0.39 is 0 Å². The van der Waals surface area contributed by atoms with Gasteiger partial charge >= 0.3 is 0 Å². The molecule has 0 radical (unpaired) electrons. The molecule has 0 fully saturated rings. The van der Waals surface area contributed by atoms with Crippen molar-refractivity contribution in [2.75, 3.05) is 4.90 Å². The summed E-state index contributed by atoms with van der Waals surface area (Å²) in [6.07, 6.45) is 0. The Balaban J connectivity index is 1.31. The Morgan fingerprint density at radius 2 is 0.825 bits per heavy atom. The maximum absolute atomic E-state index is 2.37. The summed E-state index contributed by atoms with van der Waals surface area (Å²) in [6, 6.07) is 56.9. The van der Waals surface area contributed by atoms with Gasteiger partial charge in [-0.05, 0) is 75.7 Å². The smallest absolute Gasteiger partial charge is 0.0546 e. The zero-order valence-corrected chi connectivity index (χ0v) is 22.5. The van der Waals surface area contributed by atoms with Gasteiger partial charge in [-0.1, -0.05) is 133 Å². The van der Waals surface area contributed by atoms with Crippen LogP contribution in [0.4, 0.5) is 17.1 Å². The summed E-state index contributed by atoms with van der Waals surface area (Å²) < 4.78 is 0. The van der Waals surface area contributed by atoms with E-state index in [4.69, 9.17) is 0 Å². The van der Waals surface area contributed by atoms with Gasteiger partial charge in [-0.25, -0.2) is 0 Å². The fourth-order valence-electron chi connectivity index (χ4n) is 5.63. The highest BCUT2D eigenvalue weighted by atomic mass is 15.1. The van der Waals surface area contributed by atoms with Crippen LogP contribution >= 0.6 is 0 Å². The lowest BCUT2D eigenvalue weighted by Crippen LogP contribution is -2.10. The molecule has 0 saturated carbocycles. The summed E-state index contributed by atoms with van der Waals surface area (Å²) in [7, 11) is 0. The lowest BCUT2D eigenvalue weighted by molar-refractivity contribution is 1.30. The van der Waals surface area contributed by atoms with Gasteiger partial charge in [0.2, 0.25) is 0 Å². The van der Waals surface area contributed by atoms with Gasteiger partial charge in [-0.3, -0.25) is 0 Å². The molecule has 1 heteroatoms. The van der Waals surface area contributed by atoms with Gasteiger partial charge in [0.25, 0.3) is 0 Å². The van der Waals surface area contributed by atoms with Crippen LogP contribution in [0.2, 0.25) is 0 Å². The van der Waals surface area contributed by atoms with Gasteiger partial charge in [-0.2, -0.15) is 0 Å². The van der Waals surface area contributed by atoms with Crippen LogP contribution in [0.1, 0.15) is 5.56 Å². The predicted molar refractivity (Wildman–Crippen MR) is 172 cm³/mol. The first-order valence-corrected chi connectivity index (χ1v) is 13.8. The van der Waals surface area contributed by atoms with E-state index in [0.717, 1.165) is 11.4 Å². The zero-order chi connectivity index (χ0) is 26.9. The van der Waals surface area contributed by atoms with Crippen molar-refractivity contribution in [3.05, 3.63) is 163 Å². The number of hydrogen-bond donors (Lipinski definition) is 0. The lowest BCUT2D eigenvalue weighted by Gasteiger charge is -2.27. The Morgan fingerprint density at radius 3 is 1.45 bits per heavy atom.